The Morgan fingerprint density at radius 3 is 2.26 bits per heavy atom. The maximum absolute atomic E-state index is 13.0. The molecule has 3 nitrogen and oxygen atoms in total. The van der Waals surface area contributed by atoms with Crippen molar-refractivity contribution in [3.8, 4) is 11.1 Å². The SMILES string of the molecule is CCc1ccc(-c2cccc(F)c2)cc1.CN[C@H](CS)C(=O)O. The zero-order valence-electron chi connectivity index (χ0n) is 13.3. The highest BCUT2D eigenvalue weighted by Crippen LogP contribution is 2.20. The van der Waals surface area contributed by atoms with Gasteiger partial charge in [0.1, 0.15) is 11.9 Å². The molecular weight excluding hydrogens is 313 g/mol. The molecule has 0 aliphatic carbocycles. The molecule has 0 bridgehead atoms. The molecule has 0 spiro atoms. The number of benzene rings is 2. The lowest BCUT2D eigenvalue weighted by atomic mass is 10.0. The van der Waals surface area contributed by atoms with E-state index in [-0.39, 0.29) is 5.82 Å². The molecule has 0 radical (unpaired) electrons. The predicted molar refractivity (Wildman–Crippen MR) is 95.6 cm³/mol. The molecule has 124 valence electrons. The third-order valence-electron chi connectivity index (χ3n) is 3.35. The summed E-state index contributed by atoms with van der Waals surface area (Å²) in [4.78, 5) is 10.1. The number of aryl methyl sites for hydroxylation is 1. The van der Waals surface area contributed by atoms with Crippen molar-refractivity contribution in [2.24, 2.45) is 0 Å². The standard InChI is InChI=1S/C14H13F.C4H9NO2S/c1-2-11-6-8-12(9-7-11)13-4-3-5-14(15)10-13;1-5-3(2-8)4(6)7/h3-10H,2H2,1H3;3,5,8H,2H2,1H3,(H,6,7)/t;3-/m.1/s1. The number of carboxylic acid groups (broad SMARTS) is 1. The van der Waals surface area contributed by atoms with Crippen LogP contribution in [0, 0.1) is 5.82 Å². The minimum Gasteiger partial charge on any atom is -0.480 e. The van der Waals surface area contributed by atoms with Crippen LogP contribution in [0.15, 0.2) is 48.5 Å². The Morgan fingerprint density at radius 2 is 1.87 bits per heavy atom. The van der Waals surface area contributed by atoms with Gasteiger partial charge in [-0.25, -0.2) is 4.39 Å². The number of nitrogens with one attached hydrogen (secondary N) is 1. The van der Waals surface area contributed by atoms with Crippen LogP contribution in [-0.4, -0.2) is 29.9 Å². The topological polar surface area (TPSA) is 49.3 Å². The minimum absolute atomic E-state index is 0.188. The van der Waals surface area contributed by atoms with Crippen LogP contribution in [0.4, 0.5) is 4.39 Å². The fourth-order valence-corrected chi connectivity index (χ4v) is 2.23. The highest BCUT2D eigenvalue weighted by atomic mass is 32.1. The summed E-state index contributed by atoms with van der Waals surface area (Å²) >= 11 is 3.79. The van der Waals surface area contributed by atoms with Crippen LogP contribution in [-0.2, 0) is 11.2 Å². The molecule has 0 unspecified atom stereocenters. The first-order valence-electron chi connectivity index (χ1n) is 7.37. The summed E-state index contributed by atoms with van der Waals surface area (Å²) in [6.45, 7) is 2.12. The predicted octanol–water partition coefficient (Wildman–Crippen LogP) is 3.64. The summed E-state index contributed by atoms with van der Waals surface area (Å²) in [5.74, 6) is -0.721. The Bertz CT molecular complexity index is 613. The van der Waals surface area contributed by atoms with Crippen LogP contribution in [0.25, 0.3) is 11.1 Å². The molecule has 0 fully saturated rings. The van der Waals surface area contributed by atoms with Crippen molar-refractivity contribution in [1.82, 2.24) is 5.32 Å². The van der Waals surface area contributed by atoms with Crippen molar-refractivity contribution in [1.29, 1.82) is 0 Å². The van der Waals surface area contributed by atoms with E-state index >= 15 is 0 Å². The number of hydrogen-bond donors (Lipinski definition) is 3. The maximum atomic E-state index is 13.0. The molecule has 2 N–H and O–H groups in total. The lowest BCUT2D eigenvalue weighted by molar-refractivity contribution is -0.138. The molecule has 0 heterocycles. The van der Waals surface area contributed by atoms with E-state index in [9.17, 15) is 9.18 Å². The first kappa shape index (κ1) is 19.2. The molecule has 23 heavy (non-hydrogen) atoms. The second kappa shape index (κ2) is 10.0. The molecule has 0 saturated carbocycles. The van der Waals surface area contributed by atoms with E-state index in [1.54, 1.807) is 19.2 Å². The average Bonchev–Trinajstić information content (AvgIpc) is 2.56. The van der Waals surface area contributed by atoms with E-state index in [2.05, 4.69) is 37.0 Å². The first-order chi connectivity index (χ1) is 11.0. The maximum Gasteiger partial charge on any atom is 0.321 e. The lowest BCUT2D eigenvalue weighted by Crippen LogP contribution is -2.35. The Morgan fingerprint density at radius 1 is 1.22 bits per heavy atom. The van der Waals surface area contributed by atoms with Crippen molar-refractivity contribution < 1.29 is 14.3 Å². The van der Waals surface area contributed by atoms with Gasteiger partial charge in [-0.3, -0.25) is 4.79 Å². The van der Waals surface area contributed by atoms with Gasteiger partial charge in [-0.1, -0.05) is 43.3 Å². The van der Waals surface area contributed by atoms with Gasteiger partial charge in [0, 0.05) is 5.75 Å². The van der Waals surface area contributed by atoms with E-state index in [1.807, 2.05) is 18.2 Å². The molecule has 0 aliphatic rings. The van der Waals surface area contributed by atoms with E-state index in [0.29, 0.717) is 5.75 Å². The van der Waals surface area contributed by atoms with Crippen molar-refractivity contribution in [3.05, 3.63) is 59.9 Å². The highest BCUT2D eigenvalue weighted by molar-refractivity contribution is 7.80. The van der Waals surface area contributed by atoms with Crippen molar-refractivity contribution in [3.63, 3.8) is 0 Å². The Labute approximate surface area is 142 Å². The molecule has 0 aromatic heterocycles. The summed E-state index contributed by atoms with van der Waals surface area (Å²) in [7, 11) is 1.59. The van der Waals surface area contributed by atoms with Crippen LogP contribution < -0.4 is 5.32 Å². The van der Waals surface area contributed by atoms with Crippen LogP contribution in [0.2, 0.25) is 0 Å². The van der Waals surface area contributed by atoms with Crippen LogP contribution in [0.1, 0.15) is 12.5 Å². The summed E-state index contributed by atoms with van der Waals surface area (Å²) in [5.41, 5.74) is 3.29. The van der Waals surface area contributed by atoms with Gasteiger partial charge >= 0.3 is 5.97 Å². The Balaban J connectivity index is 0.000000284. The second-order valence-corrected chi connectivity index (χ2v) is 5.29. The fourth-order valence-electron chi connectivity index (χ4n) is 1.89. The molecule has 2 aromatic carbocycles. The largest absolute Gasteiger partial charge is 0.480 e. The number of thiol groups is 1. The number of hydrogen-bond acceptors (Lipinski definition) is 3. The quantitative estimate of drug-likeness (QED) is 0.731. The van der Waals surface area contributed by atoms with Crippen LogP contribution in [0.5, 0.6) is 0 Å². The van der Waals surface area contributed by atoms with Gasteiger partial charge in [0.25, 0.3) is 0 Å². The van der Waals surface area contributed by atoms with Gasteiger partial charge in [-0.05, 0) is 42.3 Å². The molecule has 1 atom stereocenters. The summed E-state index contributed by atoms with van der Waals surface area (Å²) in [5, 5.41) is 10.8. The van der Waals surface area contributed by atoms with Gasteiger partial charge in [-0.2, -0.15) is 12.6 Å². The first-order valence-corrected chi connectivity index (χ1v) is 8.00. The monoisotopic (exact) mass is 335 g/mol. The van der Waals surface area contributed by atoms with Crippen LogP contribution >= 0.6 is 12.6 Å². The van der Waals surface area contributed by atoms with E-state index in [4.69, 9.17) is 5.11 Å². The molecule has 5 heteroatoms. The van der Waals surface area contributed by atoms with Gasteiger partial charge in [0.2, 0.25) is 0 Å². The average molecular weight is 335 g/mol. The van der Waals surface area contributed by atoms with Crippen molar-refractivity contribution >= 4 is 18.6 Å². The number of likely N-dealkylation sites (N-methyl/N-ethyl adjacent to an activating group) is 1. The number of carboxylic acids is 1. The fraction of sp³-hybridized carbons (Fsp3) is 0.278. The summed E-state index contributed by atoms with van der Waals surface area (Å²) < 4.78 is 13.0. The van der Waals surface area contributed by atoms with Crippen molar-refractivity contribution in [2.75, 3.05) is 12.8 Å². The highest BCUT2D eigenvalue weighted by Gasteiger charge is 2.10. The molecular formula is C18H22FNO2S. The zero-order valence-corrected chi connectivity index (χ0v) is 14.2. The van der Waals surface area contributed by atoms with Crippen molar-refractivity contribution in [2.45, 2.75) is 19.4 Å². The Hall–Kier alpha value is -1.85. The van der Waals surface area contributed by atoms with E-state index in [1.165, 1.54) is 11.6 Å². The van der Waals surface area contributed by atoms with Gasteiger partial charge in [0.15, 0.2) is 0 Å². The smallest absolute Gasteiger partial charge is 0.321 e. The van der Waals surface area contributed by atoms with Gasteiger partial charge in [0.05, 0.1) is 0 Å². The van der Waals surface area contributed by atoms with Gasteiger partial charge < -0.3 is 10.4 Å². The van der Waals surface area contributed by atoms with Crippen LogP contribution in [0.3, 0.4) is 0 Å². The molecule has 2 aromatic rings. The third-order valence-corrected chi connectivity index (χ3v) is 3.71. The summed E-state index contributed by atoms with van der Waals surface area (Å²) in [6.07, 6.45) is 1.03. The third kappa shape index (κ3) is 6.42. The summed E-state index contributed by atoms with van der Waals surface area (Å²) in [6, 6.07) is 14.4. The molecule has 0 aliphatic heterocycles. The zero-order chi connectivity index (χ0) is 17.2. The lowest BCUT2D eigenvalue weighted by Gasteiger charge is -2.04. The normalized spacial score (nSPS) is 11.3. The number of halogens is 1. The number of rotatable bonds is 5. The number of carbonyl (C=O) groups is 1. The van der Waals surface area contributed by atoms with Gasteiger partial charge in [-0.15, -0.1) is 0 Å². The minimum atomic E-state index is -0.859. The van der Waals surface area contributed by atoms with E-state index < -0.39 is 12.0 Å². The molecule has 0 amide bonds. The second-order valence-electron chi connectivity index (χ2n) is 4.92. The molecule has 0 saturated heterocycles. The molecule has 2 rings (SSSR count). The number of aliphatic carboxylic acids is 1. The van der Waals surface area contributed by atoms with E-state index in [0.717, 1.165) is 17.5 Å². The Kier molecular flexibility index (Phi) is 8.37.